The van der Waals surface area contributed by atoms with Gasteiger partial charge in [0, 0.05) is 0 Å². The van der Waals surface area contributed by atoms with E-state index in [4.69, 9.17) is 16.2 Å². The Bertz CT molecular complexity index is 103. The molecule has 2 unspecified atom stereocenters. The molecule has 0 spiro atoms. The van der Waals surface area contributed by atoms with Crippen LogP contribution >= 0.6 is 0 Å². The maximum atomic E-state index is 5.37. The molecule has 0 fully saturated rings. The summed E-state index contributed by atoms with van der Waals surface area (Å²) in [5, 5.41) is 2.73. The monoisotopic (exact) mass is 115 g/mol. The van der Waals surface area contributed by atoms with E-state index in [1.54, 1.807) is 6.08 Å². The highest BCUT2D eigenvalue weighted by atomic mass is 16.5. The largest absolute Gasteiger partial charge is 0.470 e. The van der Waals surface area contributed by atoms with Gasteiger partial charge in [0.2, 0.25) is 6.35 Å². The Morgan fingerprint density at radius 2 is 2.25 bits per heavy atom. The van der Waals surface area contributed by atoms with Gasteiger partial charge in [0.1, 0.15) is 0 Å². The molecular weight excluding hydrogens is 106 g/mol. The summed E-state index contributed by atoms with van der Waals surface area (Å²) in [6.45, 7) is 0. The summed E-state index contributed by atoms with van der Waals surface area (Å²) in [6, 6.07) is 0. The summed E-state index contributed by atoms with van der Waals surface area (Å²) in [5.41, 5.74) is 10.6. The van der Waals surface area contributed by atoms with Gasteiger partial charge in [0.25, 0.3) is 0 Å². The third-order valence-corrected chi connectivity index (χ3v) is 0.868. The van der Waals surface area contributed by atoms with Crippen LogP contribution < -0.4 is 16.8 Å². The fourth-order valence-electron chi connectivity index (χ4n) is 0.499. The first-order valence-electron chi connectivity index (χ1n) is 2.38. The van der Waals surface area contributed by atoms with Crippen LogP contribution in [0.15, 0.2) is 12.3 Å². The summed E-state index contributed by atoms with van der Waals surface area (Å²) in [5.74, 6) is 0. The molecule has 8 heavy (non-hydrogen) atoms. The SMILES string of the molecule is NC1C=COC(N)N1. The van der Waals surface area contributed by atoms with Crippen molar-refractivity contribution >= 4 is 0 Å². The molecule has 1 rings (SSSR count). The zero-order valence-electron chi connectivity index (χ0n) is 4.37. The third-order valence-electron chi connectivity index (χ3n) is 0.868. The second kappa shape index (κ2) is 2.13. The molecular formula is C4H9N3O. The number of hydrogen-bond donors (Lipinski definition) is 3. The van der Waals surface area contributed by atoms with Crippen LogP contribution in [0.25, 0.3) is 0 Å². The van der Waals surface area contributed by atoms with Gasteiger partial charge in [-0.15, -0.1) is 0 Å². The van der Waals surface area contributed by atoms with Crippen molar-refractivity contribution in [3.05, 3.63) is 12.3 Å². The summed E-state index contributed by atoms with van der Waals surface area (Å²) in [7, 11) is 0. The van der Waals surface area contributed by atoms with Gasteiger partial charge in [-0.05, 0) is 6.08 Å². The molecule has 4 heteroatoms. The number of nitrogens with one attached hydrogen (secondary N) is 1. The number of rotatable bonds is 0. The normalized spacial score (nSPS) is 36.8. The average molecular weight is 115 g/mol. The Morgan fingerprint density at radius 3 is 2.62 bits per heavy atom. The van der Waals surface area contributed by atoms with Crippen molar-refractivity contribution in [2.45, 2.75) is 12.5 Å². The van der Waals surface area contributed by atoms with E-state index in [2.05, 4.69) is 5.32 Å². The van der Waals surface area contributed by atoms with Crippen molar-refractivity contribution in [1.29, 1.82) is 0 Å². The van der Waals surface area contributed by atoms with Gasteiger partial charge in [-0.2, -0.15) is 0 Å². The molecule has 4 nitrogen and oxygen atoms in total. The summed E-state index contributed by atoms with van der Waals surface area (Å²) >= 11 is 0. The minimum atomic E-state index is -0.449. The van der Waals surface area contributed by atoms with Gasteiger partial charge in [-0.3, -0.25) is 11.1 Å². The lowest BCUT2D eigenvalue weighted by molar-refractivity contribution is 0.0947. The Kier molecular flexibility index (Phi) is 1.48. The minimum Gasteiger partial charge on any atom is -0.470 e. The zero-order valence-corrected chi connectivity index (χ0v) is 4.37. The molecule has 0 saturated heterocycles. The molecule has 0 radical (unpaired) electrons. The van der Waals surface area contributed by atoms with E-state index in [0.717, 1.165) is 0 Å². The third kappa shape index (κ3) is 1.19. The van der Waals surface area contributed by atoms with Crippen molar-refractivity contribution in [2.75, 3.05) is 0 Å². The van der Waals surface area contributed by atoms with E-state index in [1.165, 1.54) is 6.26 Å². The van der Waals surface area contributed by atoms with E-state index in [-0.39, 0.29) is 6.17 Å². The van der Waals surface area contributed by atoms with Gasteiger partial charge in [0.05, 0.1) is 12.4 Å². The van der Waals surface area contributed by atoms with E-state index in [1.807, 2.05) is 0 Å². The summed E-state index contributed by atoms with van der Waals surface area (Å²) in [4.78, 5) is 0. The topological polar surface area (TPSA) is 73.3 Å². The highest BCUT2D eigenvalue weighted by Gasteiger charge is 2.07. The maximum absolute atomic E-state index is 5.37. The van der Waals surface area contributed by atoms with Gasteiger partial charge in [-0.1, -0.05) is 0 Å². The Labute approximate surface area is 47.5 Å². The van der Waals surface area contributed by atoms with Crippen LogP contribution in [0, 0.1) is 0 Å². The fourth-order valence-corrected chi connectivity index (χ4v) is 0.499. The Balaban J connectivity index is 2.42. The molecule has 1 aliphatic heterocycles. The van der Waals surface area contributed by atoms with Crippen molar-refractivity contribution in [3.63, 3.8) is 0 Å². The molecule has 0 aliphatic carbocycles. The zero-order chi connectivity index (χ0) is 5.98. The van der Waals surface area contributed by atoms with Crippen LogP contribution in [-0.2, 0) is 4.74 Å². The second-order valence-electron chi connectivity index (χ2n) is 1.58. The van der Waals surface area contributed by atoms with Crippen LogP contribution in [0.1, 0.15) is 0 Å². The summed E-state index contributed by atoms with van der Waals surface area (Å²) < 4.78 is 4.75. The lowest BCUT2D eigenvalue weighted by Gasteiger charge is -2.20. The van der Waals surface area contributed by atoms with Crippen molar-refractivity contribution < 1.29 is 4.74 Å². The molecule has 0 aromatic heterocycles. The minimum absolute atomic E-state index is 0.168. The van der Waals surface area contributed by atoms with Crippen LogP contribution in [0.4, 0.5) is 0 Å². The van der Waals surface area contributed by atoms with Gasteiger partial charge < -0.3 is 10.5 Å². The molecule has 0 aromatic carbocycles. The first-order chi connectivity index (χ1) is 3.79. The Hall–Kier alpha value is -0.580. The van der Waals surface area contributed by atoms with Crippen molar-refractivity contribution in [3.8, 4) is 0 Å². The average Bonchev–Trinajstić information content (AvgIpc) is 1.64. The van der Waals surface area contributed by atoms with Crippen LogP contribution in [0.3, 0.4) is 0 Å². The van der Waals surface area contributed by atoms with E-state index in [0.29, 0.717) is 0 Å². The molecule has 0 aromatic rings. The molecule has 46 valence electrons. The predicted molar refractivity (Wildman–Crippen MR) is 29.3 cm³/mol. The quantitative estimate of drug-likeness (QED) is 0.365. The summed E-state index contributed by atoms with van der Waals surface area (Å²) in [6.07, 6.45) is 2.56. The van der Waals surface area contributed by atoms with E-state index < -0.39 is 6.35 Å². The molecule has 5 N–H and O–H groups in total. The highest BCUT2D eigenvalue weighted by Crippen LogP contribution is 1.90. The van der Waals surface area contributed by atoms with Crippen molar-refractivity contribution in [1.82, 2.24) is 5.32 Å². The molecule has 2 atom stereocenters. The van der Waals surface area contributed by atoms with Crippen molar-refractivity contribution in [2.24, 2.45) is 11.5 Å². The first-order valence-corrected chi connectivity index (χ1v) is 2.38. The van der Waals surface area contributed by atoms with E-state index >= 15 is 0 Å². The van der Waals surface area contributed by atoms with Gasteiger partial charge in [-0.25, -0.2) is 0 Å². The van der Waals surface area contributed by atoms with Gasteiger partial charge >= 0.3 is 0 Å². The first kappa shape index (κ1) is 5.55. The standard InChI is InChI=1S/C4H9N3O/c5-3-1-2-8-4(6)7-3/h1-4,7H,5-6H2. The van der Waals surface area contributed by atoms with Crippen LogP contribution in [-0.4, -0.2) is 12.5 Å². The van der Waals surface area contributed by atoms with Crippen LogP contribution in [0.2, 0.25) is 0 Å². The fraction of sp³-hybridized carbons (Fsp3) is 0.500. The molecule has 1 heterocycles. The molecule has 1 aliphatic rings. The second-order valence-corrected chi connectivity index (χ2v) is 1.58. The molecule has 0 saturated carbocycles. The van der Waals surface area contributed by atoms with E-state index in [9.17, 15) is 0 Å². The number of ether oxygens (including phenoxy) is 1. The van der Waals surface area contributed by atoms with Crippen LogP contribution in [0.5, 0.6) is 0 Å². The molecule has 0 amide bonds. The Morgan fingerprint density at radius 1 is 1.50 bits per heavy atom. The lowest BCUT2D eigenvalue weighted by Crippen LogP contribution is -2.50. The predicted octanol–water partition coefficient (Wildman–Crippen LogP) is -1.35. The highest BCUT2D eigenvalue weighted by molar-refractivity contribution is 4.88. The number of hydrogen-bond acceptors (Lipinski definition) is 4. The number of nitrogens with two attached hydrogens (primary N) is 2. The molecule has 0 bridgehead atoms. The smallest absolute Gasteiger partial charge is 0.205 e. The maximum Gasteiger partial charge on any atom is 0.205 e. The lowest BCUT2D eigenvalue weighted by atomic mass is 10.5. The van der Waals surface area contributed by atoms with Gasteiger partial charge in [0.15, 0.2) is 0 Å².